The summed E-state index contributed by atoms with van der Waals surface area (Å²) in [6, 6.07) is 5.93. The molecule has 20 heavy (non-hydrogen) atoms. The van der Waals surface area contributed by atoms with E-state index in [2.05, 4.69) is 19.9 Å². The van der Waals surface area contributed by atoms with Crippen LogP contribution >= 0.6 is 7.60 Å². The molecule has 0 amide bonds. The lowest BCUT2D eigenvalue weighted by Gasteiger charge is -2.22. The van der Waals surface area contributed by atoms with Crippen LogP contribution in [-0.2, 0) is 26.5 Å². The van der Waals surface area contributed by atoms with Crippen LogP contribution in [0.25, 0.3) is 0 Å². The first-order valence-electron chi connectivity index (χ1n) is 7.63. The highest BCUT2D eigenvalue weighted by atomic mass is 31.2. The normalized spacial score (nSPS) is 11.8. The molecule has 0 aliphatic rings. The van der Waals surface area contributed by atoms with Crippen LogP contribution < -0.4 is 5.30 Å². The topological polar surface area (TPSA) is 35.5 Å². The Kier molecular flexibility index (Phi) is 7.50. The predicted molar refractivity (Wildman–Crippen MR) is 84.9 cm³/mol. The first-order valence-corrected chi connectivity index (χ1v) is 9.17. The van der Waals surface area contributed by atoms with Gasteiger partial charge in [0.1, 0.15) is 0 Å². The monoisotopic (exact) mass is 298 g/mol. The SMILES string of the molecule is CCCOP(=O)(OCCC)c1cccc(CC)c1CC. The second-order valence-corrected chi connectivity index (χ2v) is 6.78. The van der Waals surface area contributed by atoms with Crippen LogP contribution in [0.3, 0.4) is 0 Å². The van der Waals surface area contributed by atoms with Crippen LogP contribution in [0.15, 0.2) is 18.2 Å². The Morgan fingerprint density at radius 1 is 0.950 bits per heavy atom. The van der Waals surface area contributed by atoms with E-state index in [9.17, 15) is 4.57 Å². The lowest BCUT2D eigenvalue weighted by atomic mass is 10.0. The zero-order chi connectivity index (χ0) is 15.0. The summed E-state index contributed by atoms with van der Waals surface area (Å²) in [6.07, 6.45) is 3.43. The van der Waals surface area contributed by atoms with Gasteiger partial charge < -0.3 is 9.05 Å². The Hall–Kier alpha value is -0.630. The third-order valence-corrected chi connectivity index (χ3v) is 5.26. The van der Waals surface area contributed by atoms with Gasteiger partial charge in [-0.25, -0.2) is 0 Å². The van der Waals surface area contributed by atoms with Crippen LogP contribution in [0.1, 0.15) is 51.7 Å². The second-order valence-electron chi connectivity index (χ2n) is 4.79. The molecule has 1 aromatic carbocycles. The van der Waals surface area contributed by atoms with Gasteiger partial charge in [-0.2, -0.15) is 0 Å². The van der Waals surface area contributed by atoms with Crippen molar-refractivity contribution in [3.63, 3.8) is 0 Å². The molecule has 3 nitrogen and oxygen atoms in total. The van der Waals surface area contributed by atoms with Crippen molar-refractivity contribution >= 4 is 12.9 Å². The van der Waals surface area contributed by atoms with Crippen LogP contribution in [0, 0.1) is 0 Å². The molecule has 0 atom stereocenters. The van der Waals surface area contributed by atoms with E-state index >= 15 is 0 Å². The maximum Gasteiger partial charge on any atom is 0.361 e. The van der Waals surface area contributed by atoms with Crippen molar-refractivity contribution in [1.29, 1.82) is 0 Å². The van der Waals surface area contributed by atoms with Gasteiger partial charge in [0, 0.05) is 0 Å². The molecule has 0 aliphatic carbocycles. The number of rotatable bonds is 9. The molecule has 0 radical (unpaired) electrons. The third-order valence-electron chi connectivity index (χ3n) is 3.21. The predicted octanol–water partition coefficient (Wildman–Crippen LogP) is 4.48. The Labute approximate surface area is 123 Å². The van der Waals surface area contributed by atoms with Crippen molar-refractivity contribution in [2.24, 2.45) is 0 Å². The third kappa shape index (κ3) is 4.18. The molecule has 0 heterocycles. The van der Waals surface area contributed by atoms with Crippen molar-refractivity contribution < 1.29 is 13.6 Å². The molecule has 0 N–H and O–H groups in total. The van der Waals surface area contributed by atoms with Crippen molar-refractivity contribution in [1.82, 2.24) is 0 Å². The standard InChI is InChI=1S/C16H27O3P/c1-5-12-18-20(17,19-13-6-2)16-11-9-10-14(7-3)15(16)8-4/h9-11H,5-8,12-13H2,1-4H3. The average molecular weight is 298 g/mol. The lowest BCUT2D eigenvalue weighted by molar-refractivity contribution is 0.213. The largest absolute Gasteiger partial charge is 0.361 e. The van der Waals surface area contributed by atoms with E-state index in [1.807, 2.05) is 26.0 Å². The van der Waals surface area contributed by atoms with E-state index in [0.717, 1.165) is 36.6 Å². The van der Waals surface area contributed by atoms with Gasteiger partial charge in [-0.3, -0.25) is 4.57 Å². The van der Waals surface area contributed by atoms with Gasteiger partial charge in [0.15, 0.2) is 0 Å². The highest BCUT2D eigenvalue weighted by Crippen LogP contribution is 2.48. The van der Waals surface area contributed by atoms with Crippen molar-refractivity contribution in [3.05, 3.63) is 29.3 Å². The van der Waals surface area contributed by atoms with Gasteiger partial charge in [-0.05, 0) is 42.9 Å². The fourth-order valence-electron chi connectivity index (χ4n) is 2.22. The molecule has 0 unspecified atom stereocenters. The summed E-state index contributed by atoms with van der Waals surface area (Å²) < 4.78 is 24.4. The first-order chi connectivity index (χ1) is 9.62. The molecule has 0 bridgehead atoms. The number of benzene rings is 1. The van der Waals surface area contributed by atoms with Gasteiger partial charge >= 0.3 is 7.60 Å². The Bertz CT molecular complexity index is 445. The van der Waals surface area contributed by atoms with Crippen molar-refractivity contribution in [3.8, 4) is 0 Å². The summed E-state index contributed by atoms with van der Waals surface area (Å²) in [6.45, 7) is 9.13. The Morgan fingerprint density at radius 3 is 2.00 bits per heavy atom. The molecule has 1 rings (SSSR count). The van der Waals surface area contributed by atoms with E-state index in [1.165, 1.54) is 5.56 Å². The zero-order valence-electron chi connectivity index (χ0n) is 13.1. The minimum atomic E-state index is -3.20. The highest BCUT2D eigenvalue weighted by Gasteiger charge is 2.30. The quantitative estimate of drug-likeness (QED) is 0.630. The molecule has 0 aromatic heterocycles. The van der Waals surface area contributed by atoms with Crippen LogP contribution in [0.4, 0.5) is 0 Å². The maximum absolute atomic E-state index is 13.1. The summed E-state index contributed by atoms with van der Waals surface area (Å²) in [4.78, 5) is 0. The summed E-state index contributed by atoms with van der Waals surface area (Å²) >= 11 is 0. The Morgan fingerprint density at radius 2 is 1.55 bits per heavy atom. The smallest absolute Gasteiger partial charge is 0.305 e. The van der Waals surface area contributed by atoms with Gasteiger partial charge in [0.2, 0.25) is 0 Å². The molecular weight excluding hydrogens is 271 g/mol. The maximum atomic E-state index is 13.1. The van der Waals surface area contributed by atoms with Crippen LogP contribution in [0.2, 0.25) is 0 Å². The van der Waals surface area contributed by atoms with E-state index in [4.69, 9.17) is 9.05 Å². The molecule has 0 fully saturated rings. The number of aryl methyl sites for hydroxylation is 1. The minimum Gasteiger partial charge on any atom is -0.305 e. The van der Waals surface area contributed by atoms with Crippen LogP contribution in [-0.4, -0.2) is 13.2 Å². The van der Waals surface area contributed by atoms with Gasteiger partial charge in [0.05, 0.1) is 18.5 Å². The number of hydrogen-bond acceptors (Lipinski definition) is 3. The fourth-order valence-corrected chi connectivity index (χ4v) is 4.32. The summed E-state index contributed by atoms with van der Waals surface area (Å²) in [5, 5.41) is 0.751. The second kappa shape index (κ2) is 8.61. The van der Waals surface area contributed by atoms with Gasteiger partial charge in [-0.1, -0.05) is 39.8 Å². The van der Waals surface area contributed by atoms with Gasteiger partial charge in [-0.15, -0.1) is 0 Å². The van der Waals surface area contributed by atoms with Crippen LogP contribution in [0.5, 0.6) is 0 Å². The van der Waals surface area contributed by atoms with Gasteiger partial charge in [0.25, 0.3) is 0 Å². The molecule has 0 spiro atoms. The molecule has 0 aliphatic heterocycles. The molecule has 0 saturated carbocycles. The zero-order valence-corrected chi connectivity index (χ0v) is 14.0. The highest BCUT2D eigenvalue weighted by molar-refractivity contribution is 7.62. The van der Waals surface area contributed by atoms with E-state index in [-0.39, 0.29) is 0 Å². The van der Waals surface area contributed by atoms with Crippen molar-refractivity contribution in [2.75, 3.05) is 13.2 Å². The lowest BCUT2D eigenvalue weighted by Crippen LogP contribution is -2.17. The summed E-state index contributed by atoms with van der Waals surface area (Å²) in [5.74, 6) is 0. The van der Waals surface area contributed by atoms with E-state index < -0.39 is 7.60 Å². The molecular formula is C16H27O3P. The Balaban J connectivity index is 3.22. The first kappa shape index (κ1) is 17.4. The molecule has 1 aromatic rings. The summed E-state index contributed by atoms with van der Waals surface area (Å²) in [7, 11) is -3.20. The van der Waals surface area contributed by atoms with Crippen molar-refractivity contribution in [2.45, 2.75) is 53.4 Å². The average Bonchev–Trinajstić information content (AvgIpc) is 2.49. The van der Waals surface area contributed by atoms with E-state index in [0.29, 0.717) is 13.2 Å². The number of hydrogen-bond donors (Lipinski definition) is 0. The molecule has 4 heteroatoms. The molecule has 114 valence electrons. The molecule has 0 saturated heterocycles. The fraction of sp³-hybridized carbons (Fsp3) is 0.625. The van der Waals surface area contributed by atoms with E-state index in [1.54, 1.807) is 0 Å². The summed E-state index contributed by atoms with van der Waals surface area (Å²) in [5.41, 5.74) is 2.34. The minimum absolute atomic E-state index is 0.459.